The van der Waals surface area contributed by atoms with Gasteiger partial charge in [0.25, 0.3) is 0 Å². The molecule has 1 aliphatic heterocycles. The molecule has 4 nitrogen and oxygen atoms in total. The Bertz CT molecular complexity index is 349. The largest absolute Gasteiger partial charge is 0.368 e. The number of aryl methyl sites for hydroxylation is 1. The summed E-state index contributed by atoms with van der Waals surface area (Å²) in [5.41, 5.74) is 6.62. The lowest BCUT2D eigenvalue weighted by Crippen LogP contribution is -2.38. The molecule has 1 aliphatic rings. The average Bonchev–Trinajstić information content (AvgIpc) is 2.28. The fourth-order valence-corrected chi connectivity index (χ4v) is 3.09. The summed E-state index contributed by atoms with van der Waals surface area (Å²) in [7, 11) is 0. The number of anilines is 2. The van der Waals surface area contributed by atoms with Crippen LogP contribution >= 0.6 is 11.8 Å². The first-order valence-corrected chi connectivity index (χ1v) is 6.71. The van der Waals surface area contributed by atoms with Crippen molar-refractivity contribution in [2.75, 3.05) is 29.5 Å². The lowest BCUT2D eigenvalue weighted by molar-refractivity contribution is 0.719. The molecule has 2 N–H and O–H groups in total. The van der Waals surface area contributed by atoms with Gasteiger partial charge in [-0.25, -0.2) is 4.98 Å². The van der Waals surface area contributed by atoms with E-state index in [1.807, 2.05) is 13.0 Å². The Kier molecular flexibility index (Phi) is 3.53. The second-order valence-corrected chi connectivity index (χ2v) is 5.48. The van der Waals surface area contributed by atoms with Crippen molar-refractivity contribution in [3.63, 3.8) is 0 Å². The SMILES string of the molecule is CCC1CN(c2cc(C)nc(N)n2)CCS1. The first-order valence-electron chi connectivity index (χ1n) is 5.66. The fourth-order valence-electron chi connectivity index (χ4n) is 1.91. The quantitative estimate of drug-likeness (QED) is 0.850. The van der Waals surface area contributed by atoms with Gasteiger partial charge in [0.2, 0.25) is 5.95 Å². The first-order chi connectivity index (χ1) is 7.69. The van der Waals surface area contributed by atoms with Crippen LogP contribution in [0, 0.1) is 6.92 Å². The number of rotatable bonds is 2. The minimum absolute atomic E-state index is 0.376. The number of aromatic nitrogens is 2. The van der Waals surface area contributed by atoms with Crippen LogP contribution in [0.15, 0.2) is 6.07 Å². The van der Waals surface area contributed by atoms with Gasteiger partial charge in [0.05, 0.1) is 0 Å². The van der Waals surface area contributed by atoms with Gasteiger partial charge in [-0.15, -0.1) is 0 Å². The fraction of sp³-hybridized carbons (Fsp3) is 0.636. The predicted octanol–water partition coefficient (Wildman–Crippen LogP) is 1.70. The molecule has 1 fully saturated rings. The molecule has 0 radical (unpaired) electrons. The van der Waals surface area contributed by atoms with Gasteiger partial charge >= 0.3 is 0 Å². The average molecular weight is 238 g/mol. The van der Waals surface area contributed by atoms with Crippen LogP contribution in [-0.2, 0) is 0 Å². The van der Waals surface area contributed by atoms with Crippen LogP contribution in [-0.4, -0.2) is 34.1 Å². The van der Waals surface area contributed by atoms with Gasteiger partial charge in [-0.1, -0.05) is 6.92 Å². The summed E-state index contributed by atoms with van der Waals surface area (Å²) in [6.07, 6.45) is 1.21. The summed E-state index contributed by atoms with van der Waals surface area (Å²) in [5.74, 6) is 2.52. The van der Waals surface area contributed by atoms with E-state index in [9.17, 15) is 0 Å². The van der Waals surface area contributed by atoms with Gasteiger partial charge in [-0.3, -0.25) is 0 Å². The summed E-state index contributed by atoms with van der Waals surface area (Å²) < 4.78 is 0. The van der Waals surface area contributed by atoms with Gasteiger partial charge in [0.15, 0.2) is 0 Å². The molecule has 0 spiro atoms. The van der Waals surface area contributed by atoms with Crippen LogP contribution < -0.4 is 10.6 Å². The Morgan fingerprint density at radius 1 is 1.56 bits per heavy atom. The molecule has 1 aromatic rings. The van der Waals surface area contributed by atoms with Crippen molar-refractivity contribution < 1.29 is 0 Å². The minimum atomic E-state index is 0.376. The van der Waals surface area contributed by atoms with E-state index in [0.717, 1.165) is 24.6 Å². The zero-order valence-corrected chi connectivity index (χ0v) is 10.6. The number of thioether (sulfide) groups is 1. The highest BCUT2D eigenvalue weighted by atomic mass is 32.2. The molecule has 88 valence electrons. The molecule has 0 amide bonds. The molecule has 5 heteroatoms. The van der Waals surface area contributed by atoms with E-state index in [1.165, 1.54) is 12.2 Å². The third-order valence-electron chi connectivity index (χ3n) is 2.78. The van der Waals surface area contributed by atoms with Crippen LogP contribution in [0.5, 0.6) is 0 Å². The van der Waals surface area contributed by atoms with Crippen LogP contribution in [0.25, 0.3) is 0 Å². The lowest BCUT2D eigenvalue weighted by atomic mass is 10.3. The van der Waals surface area contributed by atoms with Crippen molar-refractivity contribution in [1.82, 2.24) is 9.97 Å². The maximum absolute atomic E-state index is 5.68. The summed E-state index contributed by atoms with van der Waals surface area (Å²) in [6.45, 7) is 6.31. The van der Waals surface area contributed by atoms with E-state index in [4.69, 9.17) is 5.73 Å². The van der Waals surface area contributed by atoms with Crippen molar-refractivity contribution in [2.24, 2.45) is 0 Å². The van der Waals surface area contributed by atoms with Crippen molar-refractivity contribution in [1.29, 1.82) is 0 Å². The highest BCUT2D eigenvalue weighted by molar-refractivity contribution is 8.00. The second kappa shape index (κ2) is 4.91. The molecule has 1 saturated heterocycles. The van der Waals surface area contributed by atoms with Crippen LogP contribution in [0.4, 0.5) is 11.8 Å². The lowest BCUT2D eigenvalue weighted by Gasteiger charge is -2.32. The monoisotopic (exact) mass is 238 g/mol. The van der Waals surface area contributed by atoms with Crippen LogP contribution in [0.2, 0.25) is 0 Å². The Morgan fingerprint density at radius 2 is 2.38 bits per heavy atom. The third-order valence-corrected chi connectivity index (χ3v) is 4.15. The Balaban J connectivity index is 2.16. The standard InChI is InChI=1S/C11H18N4S/c1-3-9-7-15(4-5-16-9)10-6-8(2)13-11(12)14-10/h6,9H,3-5,7H2,1-2H3,(H2,12,13,14). The smallest absolute Gasteiger partial charge is 0.222 e. The van der Waals surface area contributed by atoms with Crippen molar-refractivity contribution >= 4 is 23.5 Å². The van der Waals surface area contributed by atoms with Gasteiger partial charge in [-0.05, 0) is 13.3 Å². The summed E-state index contributed by atoms with van der Waals surface area (Å²) in [5, 5.41) is 0.713. The van der Waals surface area contributed by atoms with Gasteiger partial charge < -0.3 is 10.6 Å². The van der Waals surface area contributed by atoms with Crippen molar-refractivity contribution in [3.05, 3.63) is 11.8 Å². The van der Waals surface area contributed by atoms with Crippen molar-refractivity contribution in [3.8, 4) is 0 Å². The van der Waals surface area contributed by atoms with E-state index in [2.05, 4.69) is 33.6 Å². The number of hydrogen-bond acceptors (Lipinski definition) is 5. The highest BCUT2D eigenvalue weighted by Crippen LogP contribution is 2.25. The molecular formula is C11H18N4S. The number of hydrogen-bond donors (Lipinski definition) is 1. The molecule has 0 saturated carbocycles. The Morgan fingerprint density at radius 3 is 3.06 bits per heavy atom. The maximum atomic E-state index is 5.68. The summed E-state index contributed by atoms with van der Waals surface area (Å²) >= 11 is 2.05. The minimum Gasteiger partial charge on any atom is -0.368 e. The first kappa shape index (κ1) is 11.5. The molecule has 2 rings (SSSR count). The van der Waals surface area contributed by atoms with E-state index in [1.54, 1.807) is 0 Å². The molecule has 1 atom stereocenters. The number of nitrogens with zero attached hydrogens (tertiary/aromatic N) is 3. The van der Waals surface area contributed by atoms with Gasteiger partial charge in [0, 0.05) is 35.9 Å². The molecule has 16 heavy (non-hydrogen) atoms. The number of nitrogen functional groups attached to an aromatic ring is 1. The van der Waals surface area contributed by atoms with Gasteiger partial charge in [0.1, 0.15) is 5.82 Å². The molecular weight excluding hydrogens is 220 g/mol. The molecule has 2 heterocycles. The van der Waals surface area contributed by atoms with E-state index < -0.39 is 0 Å². The summed E-state index contributed by atoms with van der Waals surface area (Å²) in [6, 6.07) is 2.01. The molecule has 1 aromatic heterocycles. The number of nitrogens with two attached hydrogens (primary N) is 1. The molecule has 0 aromatic carbocycles. The highest BCUT2D eigenvalue weighted by Gasteiger charge is 2.20. The van der Waals surface area contributed by atoms with Crippen LogP contribution in [0.1, 0.15) is 19.0 Å². The van der Waals surface area contributed by atoms with Crippen LogP contribution in [0.3, 0.4) is 0 Å². The van der Waals surface area contributed by atoms with Gasteiger partial charge in [-0.2, -0.15) is 16.7 Å². The Hall–Kier alpha value is -0.970. The zero-order valence-electron chi connectivity index (χ0n) is 9.81. The normalized spacial score (nSPS) is 21.1. The predicted molar refractivity (Wildman–Crippen MR) is 69.9 cm³/mol. The maximum Gasteiger partial charge on any atom is 0.222 e. The van der Waals surface area contributed by atoms with E-state index >= 15 is 0 Å². The molecule has 0 bridgehead atoms. The van der Waals surface area contributed by atoms with E-state index in [-0.39, 0.29) is 0 Å². The molecule has 0 aliphatic carbocycles. The van der Waals surface area contributed by atoms with Crippen molar-refractivity contribution in [2.45, 2.75) is 25.5 Å². The Labute approximate surface area is 101 Å². The summed E-state index contributed by atoms with van der Waals surface area (Å²) in [4.78, 5) is 10.7. The second-order valence-electron chi connectivity index (χ2n) is 4.07. The third kappa shape index (κ3) is 2.58. The topological polar surface area (TPSA) is 55.0 Å². The molecule has 1 unspecified atom stereocenters. The zero-order chi connectivity index (χ0) is 11.5. The van der Waals surface area contributed by atoms with E-state index in [0.29, 0.717) is 11.2 Å².